The summed E-state index contributed by atoms with van der Waals surface area (Å²) >= 11 is 6.78. The molecule has 0 aliphatic heterocycles. The van der Waals surface area contributed by atoms with Crippen LogP contribution in [0.15, 0.2) is 141 Å². The predicted molar refractivity (Wildman–Crippen MR) is 532 cm³/mol. The van der Waals surface area contributed by atoms with Gasteiger partial charge in [0.05, 0.1) is 17.2 Å². The van der Waals surface area contributed by atoms with Gasteiger partial charge in [-0.1, -0.05) is 184 Å². The summed E-state index contributed by atoms with van der Waals surface area (Å²) in [5.41, 5.74) is 3.41. The van der Waals surface area contributed by atoms with E-state index < -0.39 is 111 Å². The molecule has 32 atom stereocenters. The second kappa shape index (κ2) is 38.4. The number of rotatable bonds is 13. The van der Waals surface area contributed by atoms with E-state index in [1.54, 1.807) is 51.5 Å². The number of allylic oxidation sites excluding steroid dienone is 24. The van der Waals surface area contributed by atoms with E-state index in [-0.39, 0.29) is 147 Å². The molecule has 2 N–H and O–H groups in total. The molecule has 0 heterocycles. The summed E-state index contributed by atoms with van der Waals surface area (Å²) in [7, 11) is 0. The molecule has 0 aromatic rings. The van der Waals surface area contributed by atoms with Crippen molar-refractivity contribution in [1.29, 1.82) is 0 Å². The lowest BCUT2D eigenvalue weighted by atomic mass is 9.48. The topological polar surface area (TPSA) is 290 Å². The van der Waals surface area contributed by atoms with Gasteiger partial charge in [-0.25, -0.2) is 0 Å². The summed E-state index contributed by atoms with van der Waals surface area (Å²) < 4.78 is 99.9. The third-order valence-electron chi connectivity index (χ3n) is 42.4. The Hall–Kier alpha value is -8.22. The van der Waals surface area contributed by atoms with Gasteiger partial charge in [-0.15, -0.1) is 11.6 Å². The van der Waals surface area contributed by atoms with E-state index in [4.69, 9.17) is 25.8 Å². The molecule has 20 aliphatic carbocycles. The summed E-state index contributed by atoms with van der Waals surface area (Å²) in [5, 5.41) is 22.6. The average Bonchev–Trinajstić information content (AvgIpc) is 1.65. The maximum Gasteiger partial charge on any atom is 0.395 e. The third-order valence-corrected chi connectivity index (χ3v) is 42.8. The molecule has 10 fully saturated rings. The standard InChI is InChI=1S/C25H34O4.C24H27F3O5.C24H34O2.C23H27ClO4.C23H29F3O3/c1-14-10-18-19(24(4)8-6-17(27)12-20(14)24)7-9-25(5)21(18)11-15(2)23(25)22(28)13-29-16(3)26;1-13(28)32-12-20(30)23(31)9-6-17-15-11-19(24(25,26)27)18-10-14(29)4-7-21(18,2)16(15)5-8-22(17,23)3;1-6-20(26)22-15(3)12-19-21-14(2)11-16-13-17(25)7-9-23(16,4)18(21)8-10-24(19,22)5;1-13(25)28-12-21(27)18-5-4-16-15-11-20(24)19-10-14(26)6-8-23(19,3)17(15)7-9-22(16,18)2;1-4-18(28)22(29)10-7-16-19-15(6-9-21(16,22)3)20(2)8-5-14(27)11-13(20)12-17(19)23(24,25)26/h7,12,14-15,18,21,23H,6,8-11,13H2,1-5H3;4-5,7,10,15,17,19,31H,6,8-9,11-12H2,1-3H3;8,13-15,19,21-22H,6-7,9-12H2,1-5H3;6-8,10,15-16,18,20H,4-5,9,11-12H2,1-3H3;6,11,16-17,19,29H,4-5,7-10,12H2,1-3H3/t14?,15-,18?,21?,23-,24-,25+;15?,17?,19?,21-,22+,23+;14?,15-,19?,21?,22+,23-,24-;15?,16?,18-,20?,22+,23-;16?,17?,19?,20-,21-,22-/m11010/s1. The number of ketones is 10. The molecular weight excluding hydrogens is 1870 g/mol. The Kier molecular flexibility index (Phi) is 28.9. The molecule has 0 spiro atoms. The Bertz CT molecular complexity index is 5780. The monoisotopic (exact) mass is 2020 g/mol. The number of carbonyl (C=O) groups excluding carboxylic acids is 13. The van der Waals surface area contributed by atoms with E-state index in [1.807, 2.05) is 44.2 Å². The van der Waals surface area contributed by atoms with Crippen LogP contribution in [-0.2, 0) is 76.5 Å². The van der Waals surface area contributed by atoms with Crippen LogP contribution in [0.1, 0.15) is 298 Å². The van der Waals surface area contributed by atoms with Crippen molar-refractivity contribution in [2.24, 2.45) is 167 Å². The number of hydrogen-bond acceptors (Lipinski definition) is 18. The van der Waals surface area contributed by atoms with Crippen molar-refractivity contribution in [2.75, 3.05) is 19.8 Å². The van der Waals surface area contributed by atoms with Gasteiger partial charge in [0, 0.05) is 109 Å². The average molecular weight is 2020 g/mol. The van der Waals surface area contributed by atoms with E-state index in [9.17, 15) is 98.9 Å². The first-order chi connectivity index (χ1) is 67.1. The Labute approximate surface area is 850 Å². The van der Waals surface area contributed by atoms with Crippen molar-refractivity contribution >= 4 is 87.3 Å². The van der Waals surface area contributed by atoms with Crippen LogP contribution in [-0.4, -0.2) is 135 Å². The van der Waals surface area contributed by atoms with Gasteiger partial charge in [0.2, 0.25) is 5.78 Å². The Morgan fingerprint density at radius 3 is 1.42 bits per heavy atom. The number of hydrogen-bond donors (Lipinski definition) is 2. The molecule has 0 bridgehead atoms. The van der Waals surface area contributed by atoms with Gasteiger partial charge in [-0.3, -0.25) is 62.3 Å². The van der Waals surface area contributed by atoms with Crippen molar-refractivity contribution in [3.8, 4) is 0 Å². The molecule has 0 aromatic carbocycles. The highest BCUT2D eigenvalue weighted by molar-refractivity contribution is 6.23. The lowest BCUT2D eigenvalue weighted by Gasteiger charge is -2.57. The molecule has 15 unspecified atom stereocenters. The molecule has 0 aromatic heterocycles. The van der Waals surface area contributed by atoms with Crippen molar-refractivity contribution in [3.63, 3.8) is 0 Å². The number of esters is 3. The fourth-order valence-corrected chi connectivity index (χ4v) is 35.5. The molecule has 18 nitrogen and oxygen atoms in total. The minimum absolute atomic E-state index is 0.000643. The largest absolute Gasteiger partial charge is 0.458 e. The molecule has 25 heteroatoms. The van der Waals surface area contributed by atoms with Crippen LogP contribution in [0, 0.1) is 167 Å². The molecule has 0 saturated heterocycles. The fraction of sp³-hybridized carbons (Fsp3) is 0.689. The van der Waals surface area contributed by atoms with Crippen LogP contribution in [0.25, 0.3) is 0 Å². The number of Topliss-reactive ketones (excluding diaryl/α,β-unsaturated/α-hetero) is 5. The van der Waals surface area contributed by atoms with E-state index in [1.165, 1.54) is 61.6 Å². The molecule has 10 saturated carbocycles. The minimum Gasteiger partial charge on any atom is -0.458 e. The summed E-state index contributed by atoms with van der Waals surface area (Å²) in [6.45, 7) is 37.0. The van der Waals surface area contributed by atoms with Crippen molar-refractivity contribution in [2.45, 2.75) is 327 Å². The smallest absolute Gasteiger partial charge is 0.395 e. The fourth-order valence-electron chi connectivity index (χ4n) is 35.0. The lowest BCUT2D eigenvalue weighted by Crippen LogP contribution is -2.57. The van der Waals surface area contributed by atoms with Gasteiger partial charge in [0.15, 0.2) is 52.9 Å². The zero-order chi connectivity index (χ0) is 105. The van der Waals surface area contributed by atoms with Crippen LogP contribution in [0.5, 0.6) is 0 Å². The van der Waals surface area contributed by atoms with Gasteiger partial charge in [-0.2, -0.15) is 26.3 Å². The zero-order valence-corrected chi connectivity index (χ0v) is 88.5. The lowest BCUT2D eigenvalue weighted by molar-refractivity contribution is -0.203. The number of carbonyl (C=O) groups is 13. The number of ether oxygens (including phenoxy) is 3. The SMILES string of the molecule is CC(=O)OCC(=O)[C@@]1(O)CCC2C3CC(C(F)(F)F)C4=CC(=O)C=C[C@]4(C)C3=CC[C@@]21C.CC(=O)OCC(=O)[C@H]1CCC2C3CC(Cl)C4=CC(=O)C=C[C@]4(C)C3=CC[C@@]21C.CC(=O)OCC(=O)[C@H]1[C@H](C)CC2C3CC(C)C4=CC(=O)CC[C@]4(C)C3=CC[C@@]21C.CCC(=O)[C@@]1(O)CCC2C3C(=CC[C@@]21C)[C@@]1(C)CCC(=O)C=C1CC3C(F)(F)F.CCC(=O)[C@H]1[C@@H](C)CC2C3C(=CC[C@@]21C)[C@@]1(C)CCC(=O)C=C1CC3C. The van der Waals surface area contributed by atoms with Gasteiger partial charge in [0.25, 0.3) is 0 Å². The van der Waals surface area contributed by atoms with E-state index in [0.717, 1.165) is 93.4 Å². The molecule has 144 heavy (non-hydrogen) atoms. The third kappa shape index (κ3) is 17.6. The second-order valence-electron chi connectivity index (χ2n) is 49.8. The molecule has 0 radical (unpaired) electrons. The van der Waals surface area contributed by atoms with Crippen LogP contribution >= 0.6 is 11.6 Å². The zero-order valence-electron chi connectivity index (χ0n) is 87.7. The molecule has 20 aliphatic rings. The van der Waals surface area contributed by atoms with E-state index in [0.29, 0.717) is 134 Å². The quantitative estimate of drug-likeness (QED) is 0.0569. The van der Waals surface area contributed by atoms with E-state index in [2.05, 4.69) is 87.5 Å². The molecule has 0 amide bonds. The highest BCUT2D eigenvalue weighted by Gasteiger charge is 2.72. The normalized spacial score (nSPS) is 43.3. The van der Waals surface area contributed by atoms with Gasteiger partial charge in [0.1, 0.15) is 30.2 Å². The highest BCUT2D eigenvalue weighted by Crippen LogP contribution is 2.75. The molecule has 784 valence electrons. The van der Waals surface area contributed by atoms with Gasteiger partial charge >= 0.3 is 30.3 Å². The van der Waals surface area contributed by atoms with Crippen molar-refractivity contribution < 1.29 is 113 Å². The highest BCUT2D eigenvalue weighted by atomic mass is 35.5. The first-order valence-corrected chi connectivity index (χ1v) is 53.9. The maximum absolute atomic E-state index is 14.2. The number of fused-ring (bicyclic) bond motifs is 25. The summed E-state index contributed by atoms with van der Waals surface area (Å²) in [5.74, 6) is -2.34. The van der Waals surface area contributed by atoms with Crippen molar-refractivity contribution in [3.05, 3.63) is 141 Å². The van der Waals surface area contributed by atoms with Gasteiger partial charge in [-0.05, 0) is 301 Å². The van der Waals surface area contributed by atoms with E-state index >= 15 is 0 Å². The number of alkyl halides is 7. The first kappa shape index (κ1) is 108. The second-order valence-corrected chi connectivity index (χ2v) is 50.3. The van der Waals surface area contributed by atoms with Gasteiger partial charge < -0.3 is 24.4 Å². The Balaban J connectivity index is 0.000000129. The number of halogens is 7. The maximum atomic E-state index is 14.2. The predicted octanol–water partition coefficient (Wildman–Crippen LogP) is 23.2. The summed E-state index contributed by atoms with van der Waals surface area (Å²) in [6, 6.07) is 0. The first-order valence-electron chi connectivity index (χ1n) is 53.5. The number of aliphatic hydroxyl groups is 2. The van der Waals surface area contributed by atoms with Crippen LogP contribution < -0.4 is 0 Å². The summed E-state index contributed by atoms with van der Waals surface area (Å²) in [6.07, 6.45) is 32.9. The molecular formula is C119H151ClF6O18. The van der Waals surface area contributed by atoms with Crippen LogP contribution in [0.3, 0.4) is 0 Å². The van der Waals surface area contributed by atoms with Crippen molar-refractivity contribution in [1.82, 2.24) is 0 Å². The Morgan fingerprint density at radius 1 is 0.410 bits per heavy atom. The van der Waals surface area contributed by atoms with Crippen LogP contribution in [0.2, 0.25) is 0 Å². The Morgan fingerprint density at radius 2 is 0.861 bits per heavy atom. The minimum atomic E-state index is -4.52. The molecule has 20 rings (SSSR count). The summed E-state index contributed by atoms with van der Waals surface area (Å²) in [4.78, 5) is 157. The van der Waals surface area contributed by atoms with Crippen LogP contribution in [0.4, 0.5) is 26.3 Å².